The van der Waals surface area contributed by atoms with E-state index in [-0.39, 0.29) is 5.56 Å². The molecule has 0 aliphatic rings. The molecule has 0 bridgehead atoms. The molecule has 25 heavy (non-hydrogen) atoms. The van der Waals surface area contributed by atoms with Crippen molar-refractivity contribution >= 4 is 32.3 Å². The lowest BCUT2D eigenvalue weighted by Crippen LogP contribution is -2.21. The molecule has 0 saturated carbocycles. The number of aromatic nitrogens is 2. The second-order valence-electron chi connectivity index (χ2n) is 6.82. The molecule has 4 heteroatoms. The van der Waals surface area contributed by atoms with Crippen LogP contribution in [0.3, 0.4) is 0 Å². The number of nitrogens with zero attached hydrogens (tertiary/aromatic N) is 2. The van der Waals surface area contributed by atoms with E-state index in [1.54, 1.807) is 10.9 Å². The second-order valence-corrected chi connectivity index (χ2v) is 7.68. The minimum atomic E-state index is 0.0649. The first-order valence-corrected chi connectivity index (χ1v) is 9.47. The summed E-state index contributed by atoms with van der Waals surface area (Å²) < 4.78 is 1.75. The highest BCUT2D eigenvalue weighted by Crippen LogP contribution is 2.32. The zero-order valence-electron chi connectivity index (χ0n) is 14.4. The van der Waals surface area contributed by atoms with Crippen LogP contribution in [0, 0.1) is 5.92 Å². The minimum Gasteiger partial charge on any atom is -0.299 e. The fourth-order valence-corrected chi connectivity index (χ4v) is 4.00. The van der Waals surface area contributed by atoms with E-state index in [2.05, 4.69) is 54.5 Å². The Balaban J connectivity index is 1.86. The van der Waals surface area contributed by atoms with Crippen molar-refractivity contribution in [3.8, 4) is 11.1 Å². The third-order valence-electron chi connectivity index (χ3n) is 4.57. The van der Waals surface area contributed by atoms with Gasteiger partial charge in [0.15, 0.2) is 0 Å². The maximum absolute atomic E-state index is 13.0. The third kappa shape index (κ3) is 2.98. The average molecular weight is 348 g/mol. The molecule has 0 aliphatic carbocycles. The van der Waals surface area contributed by atoms with Crippen LogP contribution in [0.4, 0.5) is 0 Å². The van der Waals surface area contributed by atoms with Gasteiger partial charge in [0, 0.05) is 17.5 Å². The number of thiophene rings is 1. The lowest BCUT2D eigenvalue weighted by atomic mass is 10.0. The molecule has 0 unspecified atom stereocenters. The van der Waals surface area contributed by atoms with E-state index < -0.39 is 0 Å². The van der Waals surface area contributed by atoms with E-state index in [0.717, 1.165) is 27.8 Å². The highest BCUT2D eigenvalue weighted by molar-refractivity contribution is 7.17. The summed E-state index contributed by atoms with van der Waals surface area (Å²) in [5.74, 6) is 0.560. The van der Waals surface area contributed by atoms with Gasteiger partial charge in [-0.25, -0.2) is 4.98 Å². The van der Waals surface area contributed by atoms with E-state index >= 15 is 0 Å². The average Bonchev–Trinajstić information content (AvgIpc) is 3.05. The molecule has 2 aromatic carbocycles. The summed E-state index contributed by atoms with van der Waals surface area (Å²) in [5.41, 5.74) is 2.13. The largest absolute Gasteiger partial charge is 0.299 e. The molecule has 0 fully saturated rings. The van der Waals surface area contributed by atoms with Crippen molar-refractivity contribution < 1.29 is 0 Å². The van der Waals surface area contributed by atoms with Crippen LogP contribution in [0.1, 0.15) is 20.3 Å². The molecule has 0 amide bonds. The summed E-state index contributed by atoms with van der Waals surface area (Å²) in [7, 11) is 0. The summed E-state index contributed by atoms with van der Waals surface area (Å²) in [6.07, 6.45) is 2.66. The Morgan fingerprint density at radius 2 is 1.92 bits per heavy atom. The maximum Gasteiger partial charge on any atom is 0.262 e. The topological polar surface area (TPSA) is 34.9 Å². The number of benzene rings is 2. The van der Waals surface area contributed by atoms with Crippen LogP contribution in [0.2, 0.25) is 0 Å². The first-order chi connectivity index (χ1) is 12.1. The molecule has 2 aromatic heterocycles. The highest BCUT2D eigenvalue weighted by atomic mass is 32.1. The van der Waals surface area contributed by atoms with Crippen LogP contribution in [0.15, 0.2) is 59.0 Å². The van der Waals surface area contributed by atoms with E-state index in [4.69, 9.17) is 0 Å². The lowest BCUT2D eigenvalue weighted by Gasteiger charge is -2.08. The molecule has 0 N–H and O–H groups in total. The van der Waals surface area contributed by atoms with Gasteiger partial charge < -0.3 is 0 Å². The summed E-state index contributed by atoms with van der Waals surface area (Å²) in [4.78, 5) is 18.3. The lowest BCUT2D eigenvalue weighted by molar-refractivity contribution is 0.506. The standard InChI is InChI=1S/C21H20N2OS/c1-14(2)9-10-23-13-22-20-19(21(23)24)18(12-25-20)17-8-7-15-5-3-4-6-16(15)11-17/h3-8,11-14H,9-10H2,1-2H3. The highest BCUT2D eigenvalue weighted by Gasteiger charge is 2.13. The van der Waals surface area contributed by atoms with Crippen molar-refractivity contribution in [3.05, 3.63) is 64.5 Å². The Labute approximate surface area is 150 Å². The SMILES string of the molecule is CC(C)CCn1cnc2scc(-c3ccc4ccccc4c3)c2c1=O. The number of aryl methyl sites for hydroxylation is 1. The van der Waals surface area contributed by atoms with Crippen molar-refractivity contribution in [2.75, 3.05) is 0 Å². The molecule has 0 radical (unpaired) electrons. The summed E-state index contributed by atoms with van der Waals surface area (Å²) in [5, 5.41) is 5.18. The molecule has 2 heterocycles. The quantitative estimate of drug-likeness (QED) is 0.500. The number of hydrogen-bond donors (Lipinski definition) is 0. The van der Waals surface area contributed by atoms with E-state index in [1.807, 2.05) is 12.1 Å². The molecule has 4 rings (SSSR count). The first kappa shape index (κ1) is 16.0. The van der Waals surface area contributed by atoms with Crippen LogP contribution in [-0.4, -0.2) is 9.55 Å². The molecule has 0 aliphatic heterocycles. The van der Waals surface area contributed by atoms with Crippen molar-refractivity contribution in [1.29, 1.82) is 0 Å². The molecule has 4 aromatic rings. The summed E-state index contributed by atoms with van der Waals surface area (Å²) >= 11 is 1.54. The zero-order valence-corrected chi connectivity index (χ0v) is 15.2. The van der Waals surface area contributed by atoms with Gasteiger partial charge in [-0.1, -0.05) is 50.2 Å². The van der Waals surface area contributed by atoms with Gasteiger partial charge in [0.2, 0.25) is 0 Å². The fourth-order valence-electron chi connectivity index (χ4n) is 3.09. The smallest absolute Gasteiger partial charge is 0.262 e. The van der Waals surface area contributed by atoms with Gasteiger partial charge in [0.1, 0.15) is 4.83 Å². The van der Waals surface area contributed by atoms with Gasteiger partial charge in [-0.05, 0) is 34.7 Å². The van der Waals surface area contributed by atoms with Gasteiger partial charge in [-0.3, -0.25) is 9.36 Å². The molecule has 3 nitrogen and oxygen atoms in total. The molecule has 0 spiro atoms. The Kier molecular flexibility index (Phi) is 4.14. The normalized spacial score (nSPS) is 11.6. The van der Waals surface area contributed by atoms with Crippen LogP contribution < -0.4 is 5.56 Å². The molecule has 126 valence electrons. The van der Waals surface area contributed by atoms with Crippen molar-refractivity contribution in [2.24, 2.45) is 5.92 Å². The van der Waals surface area contributed by atoms with Crippen LogP contribution in [0.25, 0.3) is 32.1 Å². The molecule has 0 atom stereocenters. The zero-order chi connectivity index (χ0) is 17.4. The Morgan fingerprint density at radius 1 is 1.12 bits per heavy atom. The fraction of sp³-hybridized carbons (Fsp3) is 0.238. The molecule has 0 saturated heterocycles. The van der Waals surface area contributed by atoms with Crippen LogP contribution >= 0.6 is 11.3 Å². The van der Waals surface area contributed by atoms with E-state index in [9.17, 15) is 4.79 Å². The third-order valence-corrected chi connectivity index (χ3v) is 5.45. The summed E-state index contributed by atoms with van der Waals surface area (Å²) in [6.45, 7) is 5.05. The maximum atomic E-state index is 13.0. The first-order valence-electron chi connectivity index (χ1n) is 8.59. The van der Waals surface area contributed by atoms with Crippen molar-refractivity contribution in [2.45, 2.75) is 26.8 Å². The van der Waals surface area contributed by atoms with Gasteiger partial charge in [-0.15, -0.1) is 11.3 Å². The Morgan fingerprint density at radius 3 is 2.72 bits per heavy atom. The second kappa shape index (κ2) is 6.45. The Bertz CT molecular complexity index is 1110. The van der Waals surface area contributed by atoms with Gasteiger partial charge >= 0.3 is 0 Å². The van der Waals surface area contributed by atoms with Crippen molar-refractivity contribution in [1.82, 2.24) is 9.55 Å². The summed E-state index contributed by atoms with van der Waals surface area (Å²) in [6, 6.07) is 14.6. The van der Waals surface area contributed by atoms with Crippen LogP contribution in [-0.2, 0) is 6.54 Å². The number of rotatable bonds is 4. The van der Waals surface area contributed by atoms with E-state index in [1.165, 1.54) is 22.1 Å². The van der Waals surface area contributed by atoms with Crippen molar-refractivity contribution in [3.63, 3.8) is 0 Å². The number of fused-ring (bicyclic) bond motifs is 2. The molecular formula is C21H20N2OS. The van der Waals surface area contributed by atoms with Gasteiger partial charge in [0.25, 0.3) is 5.56 Å². The monoisotopic (exact) mass is 348 g/mol. The minimum absolute atomic E-state index is 0.0649. The Hall–Kier alpha value is -2.46. The predicted octanol–water partition coefficient (Wildman–Crippen LogP) is 5.32. The van der Waals surface area contributed by atoms with E-state index in [0.29, 0.717) is 12.5 Å². The molecular weight excluding hydrogens is 328 g/mol. The number of hydrogen-bond acceptors (Lipinski definition) is 3. The van der Waals surface area contributed by atoms with Gasteiger partial charge in [0.05, 0.1) is 11.7 Å². The predicted molar refractivity (Wildman–Crippen MR) is 106 cm³/mol. The van der Waals surface area contributed by atoms with Gasteiger partial charge in [-0.2, -0.15) is 0 Å². The van der Waals surface area contributed by atoms with Crippen LogP contribution in [0.5, 0.6) is 0 Å².